The molecule has 150 valence electrons. The summed E-state index contributed by atoms with van der Waals surface area (Å²) in [6.45, 7) is 0. The standard InChI is InChI=1S/C22H17BrN4O3/c23-16-8-6-7-15(13-16)14-24-27-22(30)21(29)26-19-12-5-4-11-18(19)20(28)25-17-9-2-1-3-10-17/h1-14H,(H,25,28)(H,26,29)(H,27,30). The number of amides is 3. The van der Waals surface area contributed by atoms with E-state index in [1.165, 1.54) is 12.3 Å². The predicted molar refractivity (Wildman–Crippen MR) is 119 cm³/mol. The first kappa shape index (κ1) is 20.9. The molecule has 0 heterocycles. The lowest BCUT2D eigenvalue weighted by Gasteiger charge is -2.11. The molecule has 0 spiro atoms. The number of nitrogens with zero attached hydrogens (tertiary/aromatic N) is 1. The topological polar surface area (TPSA) is 99.7 Å². The number of anilines is 2. The molecular formula is C22H17BrN4O3. The fourth-order valence-corrected chi connectivity index (χ4v) is 2.91. The van der Waals surface area contributed by atoms with E-state index in [9.17, 15) is 14.4 Å². The van der Waals surface area contributed by atoms with Gasteiger partial charge in [0.25, 0.3) is 5.91 Å². The predicted octanol–water partition coefficient (Wildman–Crippen LogP) is 3.79. The summed E-state index contributed by atoms with van der Waals surface area (Å²) in [5.74, 6) is -2.31. The third-order valence-corrected chi connectivity index (χ3v) is 4.38. The lowest BCUT2D eigenvalue weighted by atomic mass is 10.1. The molecule has 0 fully saturated rings. The van der Waals surface area contributed by atoms with Crippen molar-refractivity contribution in [2.75, 3.05) is 10.6 Å². The Morgan fingerprint density at radius 3 is 2.30 bits per heavy atom. The highest BCUT2D eigenvalue weighted by atomic mass is 79.9. The van der Waals surface area contributed by atoms with Crippen molar-refractivity contribution in [3.63, 3.8) is 0 Å². The number of para-hydroxylation sites is 2. The largest absolute Gasteiger partial charge is 0.329 e. The van der Waals surface area contributed by atoms with Gasteiger partial charge in [-0.15, -0.1) is 0 Å². The van der Waals surface area contributed by atoms with Crippen LogP contribution in [0.2, 0.25) is 0 Å². The third-order valence-electron chi connectivity index (χ3n) is 3.89. The van der Waals surface area contributed by atoms with Gasteiger partial charge in [0.2, 0.25) is 0 Å². The average molecular weight is 465 g/mol. The number of hydrogen-bond donors (Lipinski definition) is 3. The quantitative estimate of drug-likeness (QED) is 0.304. The highest BCUT2D eigenvalue weighted by Gasteiger charge is 2.17. The molecule has 3 aromatic rings. The Labute approximate surface area is 181 Å². The van der Waals surface area contributed by atoms with E-state index in [4.69, 9.17) is 0 Å². The van der Waals surface area contributed by atoms with Crippen LogP contribution in [0.3, 0.4) is 0 Å². The Kier molecular flexibility index (Phi) is 7.07. The second-order valence-electron chi connectivity index (χ2n) is 6.07. The van der Waals surface area contributed by atoms with Crippen LogP contribution in [0.1, 0.15) is 15.9 Å². The van der Waals surface area contributed by atoms with Crippen molar-refractivity contribution in [2.45, 2.75) is 0 Å². The number of benzene rings is 3. The number of hydrogen-bond acceptors (Lipinski definition) is 4. The molecule has 3 N–H and O–H groups in total. The number of rotatable bonds is 5. The maximum atomic E-state index is 12.6. The van der Waals surface area contributed by atoms with Gasteiger partial charge in [-0.1, -0.05) is 58.4 Å². The molecule has 0 aromatic heterocycles. The zero-order valence-electron chi connectivity index (χ0n) is 15.6. The number of nitrogens with one attached hydrogen (secondary N) is 3. The van der Waals surface area contributed by atoms with Gasteiger partial charge >= 0.3 is 11.8 Å². The van der Waals surface area contributed by atoms with Crippen molar-refractivity contribution in [3.8, 4) is 0 Å². The number of carbonyl (C=O) groups is 3. The van der Waals surface area contributed by atoms with Crippen molar-refractivity contribution >= 4 is 51.2 Å². The Hall–Kier alpha value is -3.78. The lowest BCUT2D eigenvalue weighted by Crippen LogP contribution is -2.33. The van der Waals surface area contributed by atoms with Crippen molar-refractivity contribution < 1.29 is 14.4 Å². The van der Waals surface area contributed by atoms with E-state index in [0.29, 0.717) is 5.69 Å². The van der Waals surface area contributed by atoms with Gasteiger partial charge in [0.05, 0.1) is 17.5 Å². The minimum atomic E-state index is -0.959. The van der Waals surface area contributed by atoms with Crippen LogP contribution in [0, 0.1) is 0 Å². The summed E-state index contributed by atoms with van der Waals surface area (Å²) in [4.78, 5) is 36.8. The maximum absolute atomic E-state index is 12.6. The number of carbonyl (C=O) groups excluding carboxylic acids is 3. The minimum absolute atomic E-state index is 0.210. The molecule has 3 rings (SSSR count). The third kappa shape index (κ3) is 5.86. The number of hydrazone groups is 1. The maximum Gasteiger partial charge on any atom is 0.329 e. The van der Waals surface area contributed by atoms with Gasteiger partial charge in [-0.25, -0.2) is 5.43 Å². The molecule has 0 unspecified atom stereocenters. The van der Waals surface area contributed by atoms with E-state index in [2.05, 4.69) is 37.1 Å². The van der Waals surface area contributed by atoms with E-state index < -0.39 is 17.7 Å². The molecule has 0 saturated carbocycles. The van der Waals surface area contributed by atoms with E-state index in [-0.39, 0.29) is 11.3 Å². The fraction of sp³-hybridized carbons (Fsp3) is 0. The van der Waals surface area contributed by atoms with Crippen LogP contribution in [0.15, 0.2) is 88.4 Å². The second kappa shape index (κ2) is 10.1. The summed E-state index contributed by atoms with van der Waals surface area (Å²) in [7, 11) is 0. The molecule has 0 bridgehead atoms. The van der Waals surface area contributed by atoms with Crippen LogP contribution in [0.4, 0.5) is 11.4 Å². The van der Waals surface area contributed by atoms with Gasteiger partial charge in [0.15, 0.2) is 0 Å². The van der Waals surface area contributed by atoms with E-state index >= 15 is 0 Å². The molecule has 0 saturated heterocycles. The Morgan fingerprint density at radius 2 is 1.53 bits per heavy atom. The fourth-order valence-electron chi connectivity index (χ4n) is 2.49. The molecule has 3 aromatic carbocycles. The Morgan fingerprint density at radius 1 is 0.800 bits per heavy atom. The highest BCUT2D eigenvalue weighted by Crippen LogP contribution is 2.17. The molecular weight excluding hydrogens is 448 g/mol. The monoisotopic (exact) mass is 464 g/mol. The van der Waals surface area contributed by atoms with Crippen LogP contribution in [0.5, 0.6) is 0 Å². The molecule has 30 heavy (non-hydrogen) atoms. The van der Waals surface area contributed by atoms with E-state index in [1.54, 1.807) is 54.6 Å². The normalized spacial score (nSPS) is 10.4. The van der Waals surface area contributed by atoms with Gasteiger partial charge in [-0.05, 0) is 42.0 Å². The zero-order valence-corrected chi connectivity index (χ0v) is 17.2. The molecule has 0 aliphatic heterocycles. The summed E-state index contributed by atoms with van der Waals surface area (Å²) in [5.41, 5.74) is 3.95. The second-order valence-corrected chi connectivity index (χ2v) is 6.99. The van der Waals surface area contributed by atoms with E-state index in [1.807, 2.05) is 18.2 Å². The minimum Gasteiger partial charge on any atom is -0.322 e. The molecule has 0 aliphatic carbocycles. The van der Waals surface area contributed by atoms with Crippen molar-refractivity contribution in [1.29, 1.82) is 0 Å². The number of halogens is 1. The summed E-state index contributed by atoms with van der Waals surface area (Å²) < 4.78 is 0.862. The molecule has 0 aliphatic rings. The van der Waals surface area contributed by atoms with Crippen LogP contribution in [-0.4, -0.2) is 23.9 Å². The van der Waals surface area contributed by atoms with Crippen LogP contribution in [0.25, 0.3) is 0 Å². The van der Waals surface area contributed by atoms with Gasteiger partial charge in [-0.3, -0.25) is 14.4 Å². The van der Waals surface area contributed by atoms with Crippen molar-refractivity contribution in [2.24, 2.45) is 5.10 Å². The smallest absolute Gasteiger partial charge is 0.322 e. The Balaban J connectivity index is 1.63. The molecule has 3 amide bonds. The summed E-state index contributed by atoms with van der Waals surface area (Å²) in [5, 5.41) is 8.95. The van der Waals surface area contributed by atoms with Crippen molar-refractivity contribution in [1.82, 2.24) is 5.43 Å². The molecule has 0 atom stereocenters. The lowest BCUT2D eigenvalue weighted by molar-refractivity contribution is -0.136. The first-order chi connectivity index (χ1) is 14.5. The zero-order chi connectivity index (χ0) is 21.3. The van der Waals surface area contributed by atoms with Gasteiger partial charge in [-0.2, -0.15) is 5.10 Å². The van der Waals surface area contributed by atoms with Crippen LogP contribution in [-0.2, 0) is 9.59 Å². The first-order valence-electron chi connectivity index (χ1n) is 8.88. The van der Waals surface area contributed by atoms with Crippen LogP contribution >= 0.6 is 15.9 Å². The first-order valence-corrected chi connectivity index (χ1v) is 9.67. The summed E-state index contributed by atoms with van der Waals surface area (Å²) >= 11 is 3.34. The SMILES string of the molecule is O=C(NN=Cc1cccc(Br)c1)C(=O)Nc1ccccc1C(=O)Nc1ccccc1. The highest BCUT2D eigenvalue weighted by molar-refractivity contribution is 9.10. The molecule has 0 radical (unpaired) electrons. The van der Waals surface area contributed by atoms with Crippen LogP contribution < -0.4 is 16.1 Å². The molecule has 8 heteroatoms. The summed E-state index contributed by atoms with van der Waals surface area (Å²) in [6.07, 6.45) is 1.41. The Bertz CT molecular complexity index is 1100. The van der Waals surface area contributed by atoms with Gasteiger partial charge in [0.1, 0.15) is 0 Å². The van der Waals surface area contributed by atoms with Gasteiger partial charge in [0, 0.05) is 10.2 Å². The molecule has 7 nitrogen and oxygen atoms in total. The summed E-state index contributed by atoms with van der Waals surface area (Å²) in [6, 6.07) is 22.6. The van der Waals surface area contributed by atoms with Gasteiger partial charge < -0.3 is 10.6 Å². The van der Waals surface area contributed by atoms with Crippen molar-refractivity contribution in [3.05, 3.63) is 94.5 Å². The average Bonchev–Trinajstić information content (AvgIpc) is 2.74. The van der Waals surface area contributed by atoms with E-state index in [0.717, 1.165) is 10.0 Å².